The minimum absolute atomic E-state index is 0.902. The van der Waals surface area contributed by atoms with E-state index >= 15 is 0 Å². The Hall–Kier alpha value is 1.81. The molecule has 2 atom stereocenters. The van der Waals surface area contributed by atoms with Crippen molar-refractivity contribution in [3.63, 3.8) is 0 Å². The maximum Gasteiger partial charge on any atom is 0.0575 e. The van der Waals surface area contributed by atoms with Crippen LogP contribution in [0.1, 0.15) is 12.8 Å². The fourth-order valence-corrected chi connectivity index (χ4v) is 5.95. The van der Waals surface area contributed by atoms with E-state index < -0.39 is 0 Å². The smallest absolute Gasteiger partial charge is 0.0575 e. The fourth-order valence-electron chi connectivity index (χ4n) is 0.558. The van der Waals surface area contributed by atoms with Crippen LogP contribution in [0.3, 0.4) is 0 Å². The highest BCUT2D eigenvalue weighted by molar-refractivity contribution is 14.1. The summed E-state index contributed by atoms with van der Waals surface area (Å²) in [6.45, 7) is 0. The Balaban J connectivity index is 2.26. The maximum absolute atomic E-state index is 2.51. The molecule has 3 heteroatoms. The van der Waals surface area contributed by atoms with Gasteiger partial charge in [-0.15, -0.1) is 11.8 Å². The number of halogens is 2. The summed E-state index contributed by atoms with van der Waals surface area (Å²) in [5.74, 6) is 0. The van der Waals surface area contributed by atoms with Crippen LogP contribution in [0, 0.1) is 0 Å². The molecule has 1 rings (SSSR count). The quantitative estimate of drug-likeness (QED) is 0.483. The van der Waals surface area contributed by atoms with Gasteiger partial charge in [0.05, 0.1) is 6.51 Å². The van der Waals surface area contributed by atoms with Gasteiger partial charge in [0, 0.05) is 0 Å². The van der Waals surface area contributed by atoms with E-state index in [0.717, 1.165) is 6.51 Å². The molecule has 0 saturated carbocycles. The van der Waals surface area contributed by atoms with E-state index in [2.05, 4.69) is 56.9 Å². The third-order valence-electron chi connectivity index (χ3n) is 0.916. The summed E-state index contributed by atoms with van der Waals surface area (Å²) in [6, 6.07) is 0. The van der Waals surface area contributed by atoms with Crippen molar-refractivity contribution >= 4 is 56.9 Å². The summed E-state index contributed by atoms with van der Waals surface area (Å²) in [5.41, 5.74) is 0. The standard InChI is InChI=1S/C4H6I2S/c5-3-1-2-4(6)7-3/h3-4H,1-2H2. The Labute approximate surface area is 75.5 Å². The van der Waals surface area contributed by atoms with Crippen molar-refractivity contribution in [2.75, 3.05) is 0 Å². The maximum atomic E-state index is 2.51. The average molecular weight is 340 g/mol. The SMILES string of the molecule is IC1CCC(I)S1. The summed E-state index contributed by atoms with van der Waals surface area (Å²) in [5, 5.41) is 0. The van der Waals surface area contributed by atoms with E-state index in [1.54, 1.807) is 0 Å². The number of hydrogen-bond acceptors (Lipinski definition) is 1. The van der Waals surface area contributed by atoms with Gasteiger partial charge in [-0.3, -0.25) is 0 Å². The van der Waals surface area contributed by atoms with E-state index in [4.69, 9.17) is 0 Å². The summed E-state index contributed by atoms with van der Waals surface area (Å²) < 4.78 is 1.80. The van der Waals surface area contributed by atoms with Crippen LogP contribution in [0.25, 0.3) is 0 Å². The van der Waals surface area contributed by atoms with Crippen molar-refractivity contribution in [2.45, 2.75) is 19.4 Å². The second kappa shape index (κ2) is 3.10. The zero-order valence-electron chi connectivity index (χ0n) is 3.73. The highest BCUT2D eigenvalue weighted by atomic mass is 127. The van der Waals surface area contributed by atoms with Crippen LogP contribution in [0.4, 0.5) is 0 Å². The summed E-state index contributed by atoms with van der Waals surface area (Å²) in [6.07, 6.45) is 2.83. The highest BCUT2D eigenvalue weighted by Gasteiger charge is 2.19. The first kappa shape index (κ1) is 6.92. The number of hydrogen-bond donors (Lipinski definition) is 0. The van der Waals surface area contributed by atoms with E-state index in [9.17, 15) is 0 Å². The van der Waals surface area contributed by atoms with Crippen LogP contribution in [0.15, 0.2) is 0 Å². The minimum Gasteiger partial charge on any atom is -0.134 e. The predicted molar refractivity (Wildman–Crippen MR) is 52.4 cm³/mol. The second-order valence-electron chi connectivity index (χ2n) is 1.53. The van der Waals surface area contributed by atoms with E-state index in [1.807, 2.05) is 0 Å². The molecular weight excluding hydrogens is 334 g/mol. The lowest BCUT2D eigenvalue weighted by Crippen LogP contribution is -1.76. The highest BCUT2D eigenvalue weighted by Crippen LogP contribution is 2.40. The van der Waals surface area contributed by atoms with Crippen LogP contribution in [0.5, 0.6) is 0 Å². The van der Waals surface area contributed by atoms with Crippen LogP contribution < -0.4 is 0 Å². The lowest BCUT2D eigenvalue weighted by Gasteiger charge is -1.93. The predicted octanol–water partition coefficient (Wildman–Crippen LogP) is 3.04. The van der Waals surface area contributed by atoms with Gasteiger partial charge in [-0.25, -0.2) is 0 Å². The molecule has 0 aromatic rings. The third-order valence-corrected chi connectivity index (χ3v) is 4.99. The average Bonchev–Trinajstić information content (AvgIpc) is 1.87. The molecule has 0 aromatic heterocycles. The van der Waals surface area contributed by atoms with Crippen LogP contribution >= 0.6 is 56.9 Å². The number of alkyl halides is 2. The third kappa shape index (κ3) is 2.26. The molecule has 0 radical (unpaired) electrons. The van der Waals surface area contributed by atoms with Crippen molar-refractivity contribution in [2.24, 2.45) is 0 Å². The molecule has 0 aromatic carbocycles. The van der Waals surface area contributed by atoms with Gasteiger partial charge in [-0.1, -0.05) is 45.2 Å². The van der Waals surface area contributed by atoms with Gasteiger partial charge in [0.15, 0.2) is 0 Å². The van der Waals surface area contributed by atoms with Crippen LogP contribution in [0.2, 0.25) is 0 Å². The van der Waals surface area contributed by atoms with Gasteiger partial charge in [-0.2, -0.15) is 0 Å². The lowest BCUT2D eigenvalue weighted by molar-refractivity contribution is 0.926. The van der Waals surface area contributed by atoms with Crippen molar-refractivity contribution in [3.05, 3.63) is 0 Å². The van der Waals surface area contributed by atoms with E-state index in [1.165, 1.54) is 12.8 Å². The molecule has 0 bridgehead atoms. The lowest BCUT2D eigenvalue weighted by atomic mass is 10.4. The van der Waals surface area contributed by atoms with Gasteiger partial charge in [-0.05, 0) is 12.8 Å². The molecule has 0 N–H and O–H groups in total. The Morgan fingerprint density at radius 1 is 1.14 bits per heavy atom. The largest absolute Gasteiger partial charge is 0.134 e. The molecule has 1 saturated heterocycles. The van der Waals surface area contributed by atoms with Gasteiger partial charge < -0.3 is 0 Å². The van der Waals surface area contributed by atoms with Gasteiger partial charge in [0.25, 0.3) is 0 Å². The minimum atomic E-state index is 0.902. The first-order valence-corrected chi connectivity index (χ1v) is 5.66. The molecule has 1 fully saturated rings. The number of rotatable bonds is 0. The molecule has 0 nitrogen and oxygen atoms in total. The normalized spacial score (nSPS) is 42.0. The molecule has 1 aliphatic heterocycles. The van der Waals surface area contributed by atoms with Gasteiger partial charge in [0.1, 0.15) is 0 Å². The summed E-state index contributed by atoms with van der Waals surface area (Å²) >= 11 is 7.10. The molecule has 1 heterocycles. The van der Waals surface area contributed by atoms with Gasteiger partial charge in [0.2, 0.25) is 0 Å². The molecule has 7 heavy (non-hydrogen) atoms. The molecular formula is C4H6I2S. The molecule has 0 amide bonds. The Morgan fingerprint density at radius 3 is 1.71 bits per heavy atom. The zero-order chi connectivity index (χ0) is 5.28. The monoisotopic (exact) mass is 340 g/mol. The zero-order valence-corrected chi connectivity index (χ0v) is 8.86. The Bertz CT molecular complexity index is 58.7. The fraction of sp³-hybridized carbons (Fsp3) is 1.00. The van der Waals surface area contributed by atoms with Crippen molar-refractivity contribution < 1.29 is 0 Å². The van der Waals surface area contributed by atoms with Crippen LogP contribution in [-0.2, 0) is 0 Å². The molecule has 0 aliphatic carbocycles. The summed E-state index contributed by atoms with van der Waals surface area (Å²) in [4.78, 5) is 0. The van der Waals surface area contributed by atoms with Crippen molar-refractivity contribution in [1.82, 2.24) is 0 Å². The van der Waals surface area contributed by atoms with Crippen molar-refractivity contribution in [1.29, 1.82) is 0 Å². The molecule has 42 valence electrons. The second-order valence-corrected chi connectivity index (χ2v) is 7.64. The topological polar surface area (TPSA) is 0 Å². The first-order chi connectivity index (χ1) is 3.29. The molecule has 2 unspecified atom stereocenters. The first-order valence-electron chi connectivity index (χ1n) is 2.22. The van der Waals surface area contributed by atoms with Gasteiger partial charge >= 0.3 is 0 Å². The van der Waals surface area contributed by atoms with E-state index in [0.29, 0.717) is 0 Å². The number of thioether (sulfide) groups is 1. The van der Waals surface area contributed by atoms with E-state index in [-0.39, 0.29) is 0 Å². The molecule has 0 spiro atoms. The molecule has 1 aliphatic rings. The van der Waals surface area contributed by atoms with Crippen molar-refractivity contribution in [3.8, 4) is 0 Å². The summed E-state index contributed by atoms with van der Waals surface area (Å²) in [7, 11) is 0. The Morgan fingerprint density at radius 2 is 1.57 bits per heavy atom. The van der Waals surface area contributed by atoms with Crippen LogP contribution in [-0.4, -0.2) is 6.51 Å². The Kier molecular flexibility index (Phi) is 3.07.